The van der Waals surface area contributed by atoms with Gasteiger partial charge in [0.25, 0.3) is 0 Å². The fraction of sp³-hybridized carbons (Fsp3) is 0.364. The molecule has 2 amide bonds. The average molecular weight is 403 g/mol. The summed E-state index contributed by atoms with van der Waals surface area (Å²) in [6.07, 6.45) is 0. The molecular weight excluding hydrogens is 375 g/mol. The quantitative estimate of drug-likeness (QED) is 0.692. The Hall–Kier alpha value is -2.34. The molecule has 4 nitrogen and oxygen atoms in total. The van der Waals surface area contributed by atoms with Crippen molar-refractivity contribution in [1.29, 1.82) is 0 Å². The van der Waals surface area contributed by atoms with E-state index in [0.717, 1.165) is 11.1 Å². The monoisotopic (exact) mass is 402 g/mol. The zero-order valence-electron chi connectivity index (χ0n) is 16.6. The molecule has 1 N–H and O–H groups in total. The molecule has 0 aliphatic rings. The van der Waals surface area contributed by atoms with Crippen molar-refractivity contribution in [2.24, 2.45) is 0 Å². The van der Waals surface area contributed by atoms with Crippen LogP contribution in [-0.4, -0.2) is 35.1 Å². The molecule has 0 aliphatic heterocycles. The lowest BCUT2D eigenvalue weighted by Gasteiger charge is -2.29. The number of nitrogens with one attached hydrogen (secondary N) is 1. The first kappa shape index (κ1) is 22.0. The molecular formula is C22H27FN2O2S. The third-order valence-electron chi connectivity index (χ3n) is 4.56. The number of aryl methyl sites for hydroxylation is 1. The molecule has 28 heavy (non-hydrogen) atoms. The lowest BCUT2D eigenvalue weighted by Crippen LogP contribution is -2.48. The van der Waals surface area contributed by atoms with Gasteiger partial charge in [0.2, 0.25) is 11.8 Å². The van der Waals surface area contributed by atoms with Crippen molar-refractivity contribution in [1.82, 2.24) is 10.2 Å². The van der Waals surface area contributed by atoms with E-state index in [2.05, 4.69) is 5.32 Å². The maximum Gasteiger partial charge on any atom is 0.242 e. The summed E-state index contributed by atoms with van der Waals surface area (Å²) in [6, 6.07) is 13.8. The summed E-state index contributed by atoms with van der Waals surface area (Å²) in [6.45, 7) is 6.45. The molecule has 0 spiro atoms. The van der Waals surface area contributed by atoms with Crippen LogP contribution in [0.25, 0.3) is 0 Å². The van der Waals surface area contributed by atoms with Gasteiger partial charge in [-0.05, 0) is 43.5 Å². The number of benzene rings is 2. The molecule has 0 saturated carbocycles. The number of rotatable bonds is 9. The summed E-state index contributed by atoms with van der Waals surface area (Å²) in [4.78, 5) is 26.9. The molecule has 6 heteroatoms. The number of thioether (sulfide) groups is 1. The summed E-state index contributed by atoms with van der Waals surface area (Å²) in [5, 5.41) is 2.78. The molecule has 0 fully saturated rings. The number of carbonyl (C=O) groups excluding carboxylic acids is 2. The zero-order valence-corrected chi connectivity index (χ0v) is 17.4. The fourth-order valence-corrected chi connectivity index (χ4v) is 3.72. The van der Waals surface area contributed by atoms with Gasteiger partial charge in [0.15, 0.2) is 0 Å². The lowest BCUT2D eigenvalue weighted by molar-refractivity contribution is -0.138. The summed E-state index contributed by atoms with van der Waals surface area (Å²) in [5.74, 6) is 0.0117. The first-order chi connectivity index (χ1) is 13.4. The van der Waals surface area contributed by atoms with Crippen molar-refractivity contribution < 1.29 is 14.0 Å². The highest BCUT2D eigenvalue weighted by Gasteiger charge is 2.26. The van der Waals surface area contributed by atoms with E-state index < -0.39 is 6.04 Å². The normalized spacial score (nSPS) is 11.7. The standard InChI is InChI=1S/C22H27FN2O2S/c1-4-24-22(27)17(3)25(13-18-10-6-5-9-16(18)2)21(26)15-28-14-19-11-7-8-12-20(19)23/h5-12,17H,4,13-15H2,1-3H3,(H,24,27). The number of carbonyl (C=O) groups is 2. The minimum absolute atomic E-state index is 0.136. The van der Waals surface area contributed by atoms with Crippen LogP contribution in [0.4, 0.5) is 4.39 Å². The molecule has 0 saturated heterocycles. The second-order valence-corrected chi connectivity index (χ2v) is 7.59. The van der Waals surface area contributed by atoms with Crippen molar-refractivity contribution in [2.75, 3.05) is 12.3 Å². The Bertz CT molecular complexity index is 813. The average Bonchev–Trinajstić information content (AvgIpc) is 2.68. The number of hydrogen-bond donors (Lipinski definition) is 1. The molecule has 0 aliphatic carbocycles. The predicted molar refractivity (Wildman–Crippen MR) is 112 cm³/mol. The third kappa shape index (κ3) is 6.09. The van der Waals surface area contributed by atoms with Crippen LogP contribution < -0.4 is 5.32 Å². The smallest absolute Gasteiger partial charge is 0.242 e. The Morgan fingerprint density at radius 1 is 1.11 bits per heavy atom. The van der Waals surface area contributed by atoms with Crippen LogP contribution >= 0.6 is 11.8 Å². The second kappa shape index (κ2) is 10.9. The largest absolute Gasteiger partial charge is 0.355 e. The van der Waals surface area contributed by atoms with E-state index in [4.69, 9.17) is 0 Å². The SMILES string of the molecule is CCNC(=O)C(C)N(Cc1ccccc1C)C(=O)CSCc1ccccc1F. The van der Waals surface area contributed by atoms with Crippen LogP contribution in [0.1, 0.15) is 30.5 Å². The Labute approximate surface area is 170 Å². The first-order valence-electron chi connectivity index (χ1n) is 9.36. The van der Waals surface area contributed by atoms with Crippen LogP contribution in [0.2, 0.25) is 0 Å². The van der Waals surface area contributed by atoms with E-state index in [0.29, 0.717) is 24.4 Å². The zero-order chi connectivity index (χ0) is 20.5. The molecule has 1 unspecified atom stereocenters. The minimum Gasteiger partial charge on any atom is -0.355 e. The maximum absolute atomic E-state index is 13.8. The third-order valence-corrected chi connectivity index (χ3v) is 5.53. The molecule has 1 atom stereocenters. The van der Waals surface area contributed by atoms with Gasteiger partial charge in [0.05, 0.1) is 5.75 Å². The van der Waals surface area contributed by atoms with Crippen molar-refractivity contribution in [3.05, 3.63) is 71.0 Å². The van der Waals surface area contributed by atoms with Gasteiger partial charge in [-0.25, -0.2) is 4.39 Å². The molecule has 2 aromatic rings. The van der Waals surface area contributed by atoms with Crippen molar-refractivity contribution in [3.8, 4) is 0 Å². The van der Waals surface area contributed by atoms with Gasteiger partial charge in [0, 0.05) is 18.8 Å². The fourth-order valence-electron chi connectivity index (χ4n) is 2.82. The molecule has 150 valence electrons. The number of hydrogen-bond acceptors (Lipinski definition) is 3. The van der Waals surface area contributed by atoms with Gasteiger partial charge >= 0.3 is 0 Å². The number of likely N-dealkylation sites (N-methyl/N-ethyl adjacent to an activating group) is 1. The van der Waals surface area contributed by atoms with Crippen molar-refractivity contribution in [3.63, 3.8) is 0 Å². The van der Waals surface area contributed by atoms with Gasteiger partial charge in [-0.1, -0.05) is 42.5 Å². The van der Waals surface area contributed by atoms with Crippen LogP contribution in [0.15, 0.2) is 48.5 Å². The highest BCUT2D eigenvalue weighted by atomic mass is 32.2. The van der Waals surface area contributed by atoms with Crippen LogP contribution in [0.5, 0.6) is 0 Å². The van der Waals surface area contributed by atoms with Crippen LogP contribution in [0, 0.1) is 12.7 Å². The highest BCUT2D eigenvalue weighted by Crippen LogP contribution is 2.18. The van der Waals surface area contributed by atoms with Crippen LogP contribution in [-0.2, 0) is 21.9 Å². The molecule has 0 heterocycles. The van der Waals surface area contributed by atoms with E-state index in [1.165, 1.54) is 17.8 Å². The van der Waals surface area contributed by atoms with Gasteiger partial charge in [-0.2, -0.15) is 0 Å². The summed E-state index contributed by atoms with van der Waals surface area (Å²) in [5.41, 5.74) is 2.65. The van der Waals surface area contributed by atoms with E-state index in [-0.39, 0.29) is 23.4 Å². The Kier molecular flexibility index (Phi) is 8.51. The molecule has 0 bridgehead atoms. The Morgan fingerprint density at radius 2 is 1.75 bits per heavy atom. The lowest BCUT2D eigenvalue weighted by atomic mass is 10.1. The maximum atomic E-state index is 13.8. The number of halogens is 1. The summed E-state index contributed by atoms with van der Waals surface area (Å²) in [7, 11) is 0. The van der Waals surface area contributed by atoms with Gasteiger partial charge in [-0.15, -0.1) is 11.8 Å². The highest BCUT2D eigenvalue weighted by molar-refractivity contribution is 7.99. The molecule has 2 rings (SSSR count). The first-order valence-corrected chi connectivity index (χ1v) is 10.5. The van der Waals surface area contributed by atoms with Crippen LogP contribution in [0.3, 0.4) is 0 Å². The molecule has 2 aromatic carbocycles. The Balaban J connectivity index is 2.08. The van der Waals surface area contributed by atoms with Crippen molar-refractivity contribution >= 4 is 23.6 Å². The van der Waals surface area contributed by atoms with Gasteiger partial charge in [-0.3, -0.25) is 9.59 Å². The van der Waals surface area contributed by atoms with E-state index in [1.54, 1.807) is 30.0 Å². The molecule has 0 aromatic heterocycles. The minimum atomic E-state index is -0.582. The number of amides is 2. The van der Waals surface area contributed by atoms with Gasteiger partial charge in [0.1, 0.15) is 11.9 Å². The Morgan fingerprint density at radius 3 is 2.39 bits per heavy atom. The number of nitrogens with zero attached hydrogens (tertiary/aromatic N) is 1. The van der Waals surface area contributed by atoms with Crippen molar-refractivity contribution in [2.45, 2.75) is 39.1 Å². The summed E-state index contributed by atoms with van der Waals surface area (Å²) < 4.78 is 13.8. The predicted octanol–water partition coefficient (Wildman–Crippen LogP) is 3.92. The van der Waals surface area contributed by atoms with E-state index in [1.807, 2.05) is 38.1 Å². The molecule has 0 radical (unpaired) electrons. The van der Waals surface area contributed by atoms with Gasteiger partial charge < -0.3 is 10.2 Å². The van der Waals surface area contributed by atoms with E-state index in [9.17, 15) is 14.0 Å². The topological polar surface area (TPSA) is 49.4 Å². The second-order valence-electron chi connectivity index (χ2n) is 6.60. The summed E-state index contributed by atoms with van der Waals surface area (Å²) >= 11 is 1.35. The van der Waals surface area contributed by atoms with E-state index >= 15 is 0 Å².